The van der Waals surface area contributed by atoms with Gasteiger partial charge in [-0.25, -0.2) is 0 Å². The largest absolute Gasteiger partial charge is 0.356 e. The van der Waals surface area contributed by atoms with Gasteiger partial charge in [-0.05, 0) is 12.8 Å². The standard InChI is InChI=1S/C22H45NO.3C2H6/c1-3-5-6-7-8-9-10-11-12-13-14-15-16-17-18-19-21-23-22(24)20-4-2;3*1-2/h3-21H2,1-2H3,(H,23,24);3*1-2H3. The molecule has 0 radical (unpaired) electrons. The second kappa shape index (κ2) is 42.5. The smallest absolute Gasteiger partial charge is 0.219 e. The monoisotopic (exact) mass is 429 g/mol. The maximum Gasteiger partial charge on any atom is 0.219 e. The Labute approximate surface area is 193 Å². The van der Waals surface area contributed by atoms with Gasteiger partial charge < -0.3 is 5.32 Å². The number of amides is 1. The van der Waals surface area contributed by atoms with Gasteiger partial charge in [-0.3, -0.25) is 4.79 Å². The van der Waals surface area contributed by atoms with Crippen LogP contribution >= 0.6 is 0 Å². The first kappa shape index (κ1) is 36.8. The normalized spacial score (nSPS) is 9.33. The van der Waals surface area contributed by atoms with Crippen LogP contribution in [0.3, 0.4) is 0 Å². The van der Waals surface area contributed by atoms with Crippen molar-refractivity contribution < 1.29 is 4.79 Å². The molecule has 0 aliphatic carbocycles. The fourth-order valence-corrected chi connectivity index (χ4v) is 3.22. The Morgan fingerprint density at radius 2 is 0.767 bits per heavy atom. The van der Waals surface area contributed by atoms with Crippen LogP contribution in [0.25, 0.3) is 0 Å². The Morgan fingerprint density at radius 1 is 0.467 bits per heavy atom. The van der Waals surface area contributed by atoms with Crippen molar-refractivity contribution in [3.8, 4) is 0 Å². The summed E-state index contributed by atoms with van der Waals surface area (Å²) in [5, 5.41) is 2.99. The molecule has 1 amide bonds. The average molecular weight is 430 g/mol. The van der Waals surface area contributed by atoms with E-state index in [-0.39, 0.29) is 5.91 Å². The van der Waals surface area contributed by atoms with Crippen molar-refractivity contribution in [2.24, 2.45) is 0 Å². The minimum Gasteiger partial charge on any atom is -0.356 e. The lowest BCUT2D eigenvalue weighted by atomic mass is 10.0. The fourth-order valence-electron chi connectivity index (χ4n) is 3.22. The molecule has 0 heterocycles. The van der Waals surface area contributed by atoms with Crippen molar-refractivity contribution in [3.63, 3.8) is 0 Å². The molecule has 186 valence electrons. The maximum atomic E-state index is 11.3. The molecule has 0 fully saturated rings. The molecule has 0 aromatic carbocycles. The van der Waals surface area contributed by atoms with Gasteiger partial charge in [-0.2, -0.15) is 0 Å². The second-order valence-corrected chi connectivity index (χ2v) is 7.40. The van der Waals surface area contributed by atoms with E-state index < -0.39 is 0 Å². The summed E-state index contributed by atoms with van der Waals surface area (Å²) in [5.41, 5.74) is 0. The summed E-state index contributed by atoms with van der Waals surface area (Å²) < 4.78 is 0. The van der Waals surface area contributed by atoms with E-state index in [1.165, 1.54) is 96.3 Å². The van der Waals surface area contributed by atoms with Gasteiger partial charge in [-0.15, -0.1) is 0 Å². The zero-order chi connectivity index (χ0) is 23.7. The Balaban J connectivity index is -0.000000512. The third-order valence-electron chi connectivity index (χ3n) is 4.83. The average Bonchev–Trinajstić information content (AvgIpc) is 2.80. The molecular formula is C28H63NO. The lowest BCUT2D eigenvalue weighted by molar-refractivity contribution is -0.121. The fraction of sp³-hybridized carbons (Fsp3) is 0.964. The molecule has 30 heavy (non-hydrogen) atoms. The quantitative estimate of drug-likeness (QED) is 0.203. The summed E-state index contributed by atoms with van der Waals surface area (Å²) in [4.78, 5) is 11.3. The van der Waals surface area contributed by atoms with Crippen molar-refractivity contribution in [1.29, 1.82) is 0 Å². The van der Waals surface area contributed by atoms with Crippen LogP contribution in [0.1, 0.15) is 171 Å². The third kappa shape index (κ3) is 41.8. The molecule has 0 saturated carbocycles. The second-order valence-electron chi connectivity index (χ2n) is 7.40. The number of rotatable bonds is 19. The molecule has 1 N–H and O–H groups in total. The number of carbonyl (C=O) groups is 1. The van der Waals surface area contributed by atoms with E-state index in [4.69, 9.17) is 0 Å². The summed E-state index contributed by atoms with van der Waals surface area (Å²) in [6.45, 7) is 17.2. The first-order chi connectivity index (χ1) is 14.8. The van der Waals surface area contributed by atoms with Crippen molar-refractivity contribution in [2.75, 3.05) is 6.54 Å². The summed E-state index contributed by atoms with van der Waals surface area (Å²) in [7, 11) is 0. The highest BCUT2D eigenvalue weighted by molar-refractivity contribution is 5.75. The molecule has 0 atom stereocenters. The van der Waals surface area contributed by atoms with Gasteiger partial charge in [0.25, 0.3) is 0 Å². The van der Waals surface area contributed by atoms with E-state index in [1.807, 2.05) is 48.5 Å². The number of unbranched alkanes of at least 4 members (excludes halogenated alkanes) is 15. The first-order valence-corrected chi connectivity index (χ1v) is 14.1. The summed E-state index contributed by atoms with van der Waals surface area (Å²) in [6.07, 6.45) is 24.0. The van der Waals surface area contributed by atoms with E-state index in [2.05, 4.69) is 12.2 Å². The number of hydrogen-bond donors (Lipinski definition) is 1. The van der Waals surface area contributed by atoms with Crippen LogP contribution in [0.5, 0.6) is 0 Å². The highest BCUT2D eigenvalue weighted by Crippen LogP contribution is 2.13. The van der Waals surface area contributed by atoms with Crippen LogP contribution in [0, 0.1) is 0 Å². The zero-order valence-electron chi connectivity index (χ0n) is 22.8. The predicted molar refractivity (Wildman–Crippen MR) is 142 cm³/mol. The van der Waals surface area contributed by atoms with Gasteiger partial charge >= 0.3 is 0 Å². The molecule has 0 saturated heterocycles. The van der Waals surface area contributed by atoms with Gasteiger partial charge in [0, 0.05) is 13.0 Å². The number of hydrogen-bond acceptors (Lipinski definition) is 1. The Kier molecular flexibility index (Phi) is 52.2. The molecule has 0 unspecified atom stereocenters. The van der Waals surface area contributed by atoms with Crippen LogP contribution in [0.4, 0.5) is 0 Å². The van der Waals surface area contributed by atoms with Gasteiger partial charge in [-0.1, -0.05) is 152 Å². The molecule has 0 spiro atoms. The minimum atomic E-state index is 0.221. The Bertz CT molecular complexity index is 253. The summed E-state index contributed by atoms with van der Waals surface area (Å²) >= 11 is 0. The molecule has 0 rings (SSSR count). The SMILES string of the molecule is CC.CC.CC.CCCCCCCCCCCCCCCCCCNC(=O)CCC. The van der Waals surface area contributed by atoms with Gasteiger partial charge in [0.15, 0.2) is 0 Å². The van der Waals surface area contributed by atoms with Crippen LogP contribution in [-0.4, -0.2) is 12.5 Å². The number of carbonyl (C=O) groups excluding carboxylic acids is 1. The van der Waals surface area contributed by atoms with Crippen molar-refractivity contribution in [1.82, 2.24) is 5.32 Å². The third-order valence-corrected chi connectivity index (χ3v) is 4.83. The molecule has 2 heteroatoms. The molecule has 0 aromatic heterocycles. The van der Waals surface area contributed by atoms with E-state index in [0.29, 0.717) is 6.42 Å². The van der Waals surface area contributed by atoms with E-state index in [9.17, 15) is 4.79 Å². The molecule has 2 nitrogen and oxygen atoms in total. The van der Waals surface area contributed by atoms with Crippen molar-refractivity contribution in [2.45, 2.75) is 171 Å². The summed E-state index contributed by atoms with van der Waals surface area (Å²) in [5.74, 6) is 0.221. The van der Waals surface area contributed by atoms with Crippen LogP contribution in [0.15, 0.2) is 0 Å². The Hall–Kier alpha value is -0.530. The van der Waals surface area contributed by atoms with E-state index >= 15 is 0 Å². The van der Waals surface area contributed by atoms with Gasteiger partial charge in [0.05, 0.1) is 0 Å². The molecule has 0 aliphatic rings. The van der Waals surface area contributed by atoms with Gasteiger partial charge in [0.2, 0.25) is 5.91 Å². The first-order valence-electron chi connectivity index (χ1n) is 14.1. The number of nitrogens with one attached hydrogen (secondary N) is 1. The van der Waals surface area contributed by atoms with Gasteiger partial charge in [0.1, 0.15) is 0 Å². The molecule has 0 aliphatic heterocycles. The minimum absolute atomic E-state index is 0.221. The molecule has 0 bridgehead atoms. The zero-order valence-corrected chi connectivity index (χ0v) is 22.8. The van der Waals surface area contributed by atoms with Crippen LogP contribution in [0.2, 0.25) is 0 Å². The van der Waals surface area contributed by atoms with Crippen LogP contribution in [-0.2, 0) is 4.79 Å². The maximum absolute atomic E-state index is 11.3. The Morgan fingerprint density at radius 3 is 1.07 bits per heavy atom. The highest BCUT2D eigenvalue weighted by atomic mass is 16.1. The topological polar surface area (TPSA) is 29.1 Å². The van der Waals surface area contributed by atoms with E-state index in [1.54, 1.807) is 0 Å². The predicted octanol–water partition coefficient (Wildman–Crippen LogP) is 10.2. The van der Waals surface area contributed by atoms with Crippen molar-refractivity contribution >= 4 is 5.91 Å². The summed E-state index contributed by atoms with van der Waals surface area (Å²) in [6, 6.07) is 0. The van der Waals surface area contributed by atoms with E-state index in [0.717, 1.165) is 19.4 Å². The highest BCUT2D eigenvalue weighted by Gasteiger charge is 1.98. The molecule has 0 aromatic rings. The lowest BCUT2D eigenvalue weighted by Gasteiger charge is -2.05. The van der Waals surface area contributed by atoms with Crippen LogP contribution < -0.4 is 5.32 Å². The molecular weight excluding hydrogens is 366 g/mol. The van der Waals surface area contributed by atoms with Crippen molar-refractivity contribution in [3.05, 3.63) is 0 Å². The lowest BCUT2D eigenvalue weighted by Crippen LogP contribution is -2.23.